The molecule has 0 aromatic heterocycles. The Hall–Kier alpha value is 0.557. The second-order valence-corrected chi connectivity index (χ2v) is 14.2. The van der Waals surface area contributed by atoms with Crippen LogP contribution in [-0.4, -0.2) is 18.6 Å². The van der Waals surface area contributed by atoms with E-state index in [2.05, 4.69) is 0 Å². The number of carbonyl (C=O) groups excluding carboxylic acids is 1. The zero-order chi connectivity index (χ0) is 14.6. The van der Waals surface area contributed by atoms with E-state index in [1.54, 1.807) is 0 Å². The second-order valence-electron chi connectivity index (χ2n) is 4.89. The molecule has 6 heteroatoms. The Morgan fingerprint density at radius 1 is 0.842 bits per heavy atom. The predicted octanol–water partition coefficient (Wildman–Crippen LogP) is 5.72. The summed E-state index contributed by atoms with van der Waals surface area (Å²) < 4.78 is 4.87. The monoisotopic (exact) mass is 346 g/mol. The summed E-state index contributed by atoms with van der Waals surface area (Å²) >= 11 is 17.4. The zero-order valence-electron chi connectivity index (χ0n) is 11.7. The minimum Gasteiger partial charge on any atom is -0.466 e. The molecule has 0 unspecified atom stereocenters. The quantitative estimate of drug-likeness (QED) is 0.195. The lowest BCUT2D eigenvalue weighted by Gasteiger charge is -2.06. The van der Waals surface area contributed by atoms with E-state index in [0.29, 0.717) is 6.61 Å². The summed E-state index contributed by atoms with van der Waals surface area (Å²) in [5, 5.41) is 0. The average Bonchev–Trinajstić information content (AvgIpc) is 2.28. The van der Waals surface area contributed by atoms with Crippen molar-refractivity contribution < 1.29 is 9.53 Å². The summed E-state index contributed by atoms with van der Waals surface area (Å²) in [6.07, 6.45) is 10.6. The van der Waals surface area contributed by atoms with Crippen LogP contribution >= 0.6 is 33.2 Å². The molecule has 0 fully saturated rings. The van der Waals surface area contributed by atoms with Gasteiger partial charge < -0.3 is 4.74 Å². The highest BCUT2D eigenvalue weighted by Gasteiger charge is 2.23. The molecule has 0 aliphatic carbocycles. The minimum atomic E-state index is -2.38. The number of halogens is 3. The highest BCUT2D eigenvalue weighted by atomic mass is 35.8. The van der Waals surface area contributed by atoms with Crippen LogP contribution in [0.25, 0.3) is 0 Å². The Balaban J connectivity index is 3.05. The third-order valence-corrected chi connectivity index (χ3v) is 5.53. The fraction of sp³-hybridized carbons (Fsp3) is 0.923. The highest BCUT2D eigenvalue weighted by Crippen LogP contribution is 2.27. The summed E-state index contributed by atoms with van der Waals surface area (Å²) in [7, 11) is 0. The number of unbranched alkanes of at least 4 members (excludes halogenated alkanes) is 8. The van der Waals surface area contributed by atoms with E-state index in [-0.39, 0.29) is 5.97 Å². The van der Waals surface area contributed by atoms with E-state index in [1.165, 1.54) is 45.4 Å². The van der Waals surface area contributed by atoms with Crippen LogP contribution in [0.1, 0.15) is 64.7 Å². The van der Waals surface area contributed by atoms with Crippen molar-refractivity contribution in [2.45, 2.75) is 70.8 Å². The van der Waals surface area contributed by atoms with Crippen molar-refractivity contribution in [2.24, 2.45) is 0 Å². The Labute approximate surface area is 132 Å². The number of ether oxygens (including phenoxy) is 1. The van der Waals surface area contributed by atoms with Crippen molar-refractivity contribution >= 4 is 45.2 Å². The van der Waals surface area contributed by atoms with Gasteiger partial charge >= 0.3 is 12.0 Å². The molecule has 0 aromatic carbocycles. The third kappa shape index (κ3) is 18.6. The first-order chi connectivity index (χ1) is 8.92. The SMILES string of the molecule is CC(=O)OCCCCCCCCCCC[Si](Cl)(Cl)Cl. The van der Waals surface area contributed by atoms with Crippen LogP contribution < -0.4 is 0 Å². The number of esters is 1. The molecule has 0 aliphatic rings. The van der Waals surface area contributed by atoms with Crippen LogP contribution in [0.3, 0.4) is 0 Å². The number of rotatable bonds is 12. The predicted molar refractivity (Wildman–Crippen MR) is 86.3 cm³/mol. The van der Waals surface area contributed by atoms with Crippen LogP contribution in [0.5, 0.6) is 0 Å². The summed E-state index contributed by atoms with van der Waals surface area (Å²) in [4.78, 5) is 10.5. The van der Waals surface area contributed by atoms with Gasteiger partial charge in [-0.3, -0.25) is 4.79 Å². The standard InChI is InChI=1S/C13H25Cl3O2Si/c1-13(17)18-11-9-7-5-3-2-4-6-8-10-12-19(14,15)16/h2-12H2,1H3. The second kappa shape index (κ2) is 12.3. The molecule has 0 N–H and O–H groups in total. The molecule has 0 bridgehead atoms. The molecule has 0 aromatic rings. The Morgan fingerprint density at radius 2 is 1.26 bits per heavy atom. The lowest BCUT2D eigenvalue weighted by atomic mass is 10.1. The molecular formula is C13H25Cl3O2Si. The maximum atomic E-state index is 10.5. The van der Waals surface area contributed by atoms with Gasteiger partial charge in [-0.1, -0.05) is 51.4 Å². The van der Waals surface area contributed by atoms with Crippen LogP contribution in [0.15, 0.2) is 0 Å². The molecule has 0 saturated heterocycles. The Morgan fingerprint density at radius 3 is 1.68 bits per heavy atom. The lowest BCUT2D eigenvalue weighted by molar-refractivity contribution is -0.141. The van der Waals surface area contributed by atoms with Crippen LogP contribution in [0.4, 0.5) is 0 Å². The maximum absolute atomic E-state index is 10.5. The van der Waals surface area contributed by atoms with E-state index in [1.807, 2.05) is 0 Å². The van der Waals surface area contributed by atoms with Crippen molar-refractivity contribution in [3.63, 3.8) is 0 Å². The van der Waals surface area contributed by atoms with E-state index in [4.69, 9.17) is 38.0 Å². The third-order valence-electron chi connectivity index (χ3n) is 2.91. The average molecular weight is 348 g/mol. The number of hydrogen-bond donors (Lipinski definition) is 0. The summed E-state index contributed by atoms with van der Waals surface area (Å²) in [6, 6.07) is -1.59. The molecule has 114 valence electrons. The van der Waals surface area contributed by atoms with Crippen molar-refractivity contribution in [1.82, 2.24) is 0 Å². The van der Waals surface area contributed by atoms with Gasteiger partial charge in [0, 0.05) is 6.92 Å². The molecule has 0 rings (SSSR count). The van der Waals surface area contributed by atoms with Gasteiger partial charge in [-0.05, 0) is 12.5 Å². The lowest BCUT2D eigenvalue weighted by Crippen LogP contribution is -2.07. The van der Waals surface area contributed by atoms with E-state index >= 15 is 0 Å². The van der Waals surface area contributed by atoms with Crippen LogP contribution in [-0.2, 0) is 9.53 Å². The normalized spacial score (nSPS) is 11.6. The van der Waals surface area contributed by atoms with Crippen LogP contribution in [0, 0.1) is 0 Å². The molecule has 0 atom stereocenters. The van der Waals surface area contributed by atoms with Gasteiger partial charge in [0.05, 0.1) is 6.61 Å². The molecule has 19 heavy (non-hydrogen) atoms. The number of carbonyl (C=O) groups is 1. The largest absolute Gasteiger partial charge is 0.466 e. The van der Waals surface area contributed by atoms with E-state index in [9.17, 15) is 4.79 Å². The summed E-state index contributed by atoms with van der Waals surface area (Å²) in [5.74, 6) is -0.182. The van der Waals surface area contributed by atoms with Gasteiger partial charge in [0.1, 0.15) is 0 Å². The van der Waals surface area contributed by atoms with Crippen molar-refractivity contribution in [3.8, 4) is 0 Å². The maximum Gasteiger partial charge on any atom is 0.341 e. The first kappa shape index (κ1) is 19.6. The summed E-state index contributed by atoms with van der Waals surface area (Å²) in [6.45, 7) is 2.02. The first-order valence-corrected chi connectivity index (χ1v) is 12.4. The first-order valence-electron chi connectivity index (χ1n) is 7.12. The molecule has 0 aliphatic heterocycles. The molecule has 0 radical (unpaired) electrons. The van der Waals surface area contributed by atoms with Gasteiger partial charge in [-0.25, -0.2) is 0 Å². The van der Waals surface area contributed by atoms with E-state index in [0.717, 1.165) is 25.3 Å². The fourth-order valence-electron chi connectivity index (χ4n) is 1.88. The minimum absolute atomic E-state index is 0.182. The molecule has 2 nitrogen and oxygen atoms in total. The van der Waals surface area contributed by atoms with Crippen LogP contribution in [0.2, 0.25) is 6.04 Å². The van der Waals surface area contributed by atoms with Crippen molar-refractivity contribution in [2.75, 3.05) is 6.61 Å². The molecule has 0 saturated carbocycles. The van der Waals surface area contributed by atoms with Crippen molar-refractivity contribution in [3.05, 3.63) is 0 Å². The molecule has 0 heterocycles. The zero-order valence-corrected chi connectivity index (χ0v) is 15.0. The van der Waals surface area contributed by atoms with Gasteiger partial charge in [-0.2, -0.15) is 0 Å². The van der Waals surface area contributed by atoms with Gasteiger partial charge in [0.15, 0.2) is 0 Å². The van der Waals surface area contributed by atoms with Crippen molar-refractivity contribution in [1.29, 1.82) is 0 Å². The Bertz CT molecular complexity index is 232. The number of hydrogen-bond acceptors (Lipinski definition) is 2. The van der Waals surface area contributed by atoms with Gasteiger partial charge in [-0.15, -0.1) is 33.2 Å². The highest BCUT2D eigenvalue weighted by molar-refractivity contribution is 7.64. The van der Waals surface area contributed by atoms with E-state index < -0.39 is 6.00 Å². The molecule has 0 amide bonds. The van der Waals surface area contributed by atoms with Gasteiger partial charge in [0.2, 0.25) is 0 Å². The van der Waals surface area contributed by atoms with Gasteiger partial charge in [0.25, 0.3) is 0 Å². The Kier molecular flexibility index (Phi) is 12.7. The topological polar surface area (TPSA) is 26.3 Å². The molecule has 0 spiro atoms. The summed E-state index contributed by atoms with van der Waals surface area (Å²) in [5.41, 5.74) is 0. The smallest absolute Gasteiger partial charge is 0.341 e. The molecular weight excluding hydrogens is 323 g/mol. The fourth-order valence-corrected chi connectivity index (χ4v) is 3.73.